The van der Waals surface area contributed by atoms with E-state index in [2.05, 4.69) is 11.1 Å². The van der Waals surface area contributed by atoms with Gasteiger partial charge >= 0.3 is 0 Å². The summed E-state index contributed by atoms with van der Waals surface area (Å²) in [5.74, 6) is 0. The highest BCUT2D eigenvalue weighted by molar-refractivity contribution is 5.94. The third kappa shape index (κ3) is 1.52. The largest absolute Gasteiger partial charge is 0.282 e. The lowest BCUT2D eigenvalue weighted by Crippen LogP contribution is -2.16. The van der Waals surface area contributed by atoms with E-state index >= 15 is 0 Å². The Balaban J connectivity index is 2.76. The molecule has 0 N–H and O–H groups in total. The average molecular weight is 249 g/mol. The standard InChI is InChI=1S/C15H11N3O/c1-9-7-11-12(8-16)13-5-3-4-6-18(13)15(19)14(11)10(2)17-9/h3-7H,1-2H3. The van der Waals surface area contributed by atoms with Gasteiger partial charge in [-0.05, 0) is 32.0 Å². The Morgan fingerprint density at radius 1 is 1.32 bits per heavy atom. The fraction of sp³-hybridized carbons (Fsp3) is 0.133. The van der Waals surface area contributed by atoms with Crippen molar-refractivity contribution in [1.29, 1.82) is 5.26 Å². The maximum absolute atomic E-state index is 12.5. The summed E-state index contributed by atoms with van der Waals surface area (Å²) in [5.41, 5.74) is 2.49. The van der Waals surface area contributed by atoms with Crippen LogP contribution in [0.1, 0.15) is 17.0 Å². The number of nitrogens with zero attached hydrogens (tertiary/aromatic N) is 3. The van der Waals surface area contributed by atoms with Crippen LogP contribution in [0.4, 0.5) is 0 Å². The van der Waals surface area contributed by atoms with Crippen LogP contribution < -0.4 is 5.56 Å². The summed E-state index contributed by atoms with van der Waals surface area (Å²) >= 11 is 0. The number of hydrogen-bond acceptors (Lipinski definition) is 3. The molecule has 92 valence electrons. The van der Waals surface area contributed by atoms with Crippen molar-refractivity contribution in [2.75, 3.05) is 0 Å². The predicted molar refractivity (Wildman–Crippen MR) is 73.2 cm³/mol. The Kier molecular flexibility index (Phi) is 2.36. The van der Waals surface area contributed by atoms with Crippen LogP contribution in [0.3, 0.4) is 0 Å². The Morgan fingerprint density at radius 2 is 2.11 bits per heavy atom. The van der Waals surface area contributed by atoms with Crippen LogP contribution in [0.2, 0.25) is 0 Å². The van der Waals surface area contributed by atoms with Crippen LogP contribution in [0.5, 0.6) is 0 Å². The lowest BCUT2D eigenvalue weighted by Gasteiger charge is -2.09. The minimum atomic E-state index is -0.130. The summed E-state index contributed by atoms with van der Waals surface area (Å²) in [6.45, 7) is 3.66. The zero-order valence-corrected chi connectivity index (χ0v) is 10.6. The second-order valence-corrected chi connectivity index (χ2v) is 4.52. The van der Waals surface area contributed by atoms with Gasteiger partial charge in [-0.3, -0.25) is 14.2 Å². The molecule has 0 aromatic carbocycles. The molecule has 3 rings (SSSR count). The maximum Gasteiger partial charge on any atom is 0.264 e. The molecule has 0 saturated carbocycles. The first-order valence-corrected chi connectivity index (χ1v) is 5.95. The molecule has 0 bridgehead atoms. The Morgan fingerprint density at radius 3 is 2.84 bits per heavy atom. The van der Waals surface area contributed by atoms with Gasteiger partial charge in [0.15, 0.2) is 0 Å². The van der Waals surface area contributed by atoms with E-state index in [0.717, 1.165) is 5.69 Å². The third-order valence-electron chi connectivity index (χ3n) is 3.26. The van der Waals surface area contributed by atoms with Crippen molar-refractivity contribution in [3.8, 4) is 6.07 Å². The molecule has 0 unspecified atom stereocenters. The summed E-state index contributed by atoms with van der Waals surface area (Å²) in [6, 6.07) is 9.39. The summed E-state index contributed by atoms with van der Waals surface area (Å²) in [5, 5.41) is 10.6. The van der Waals surface area contributed by atoms with E-state index in [1.807, 2.05) is 13.0 Å². The first-order chi connectivity index (χ1) is 9.13. The zero-order valence-electron chi connectivity index (χ0n) is 10.6. The molecule has 0 saturated heterocycles. The molecule has 4 heteroatoms. The second-order valence-electron chi connectivity index (χ2n) is 4.52. The van der Waals surface area contributed by atoms with Crippen molar-refractivity contribution in [3.63, 3.8) is 0 Å². The summed E-state index contributed by atoms with van der Waals surface area (Å²) in [4.78, 5) is 16.8. The van der Waals surface area contributed by atoms with Crippen molar-refractivity contribution in [1.82, 2.24) is 9.38 Å². The first-order valence-electron chi connectivity index (χ1n) is 5.95. The van der Waals surface area contributed by atoms with Crippen molar-refractivity contribution in [2.45, 2.75) is 13.8 Å². The molecular weight excluding hydrogens is 238 g/mol. The van der Waals surface area contributed by atoms with Gasteiger partial charge in [0, 0.05) is 17.3 Å². The molecule has 0 aliphatic heterocycles. The van der Waals surface area contributed by atoms with Crippen LogP contribution in [0, 0.1) is 25.2 Å². The van der Waals surface area contributed by atoms with Crippen LogP contribution in [-0.4, -0.2) is 9.38 Å². The van der Waals surface area contributed by atoms with Gasteiger partial charge in [-0.25, -0.2) is 0 Å². The highest BCUT2D eigenvalue weighted by atomic mass is 16.1. The quantitative estimate of drug-likeness (QED) is 0.574. The van der Waals surface area contributed by atoms with Gasteiger partial charge in [0.2, 0.25) is 0 Å². The number of aryl methyl sites for hydroxylation is 2. The molecule has 0 fully saturated rings. The van der Waals surface area contributed by atoms with Crippen molar-refractivity contribution >= 4 is 16.3 Å². The minimum Gasteiger partial charge on any atom is -0.282 e. The van der Waals surface area contributed by atoms with E-state index in [0.29, 0.717) is 27.5 Å². The number of nitriles is 1. The molecule has 3 heterocycles. The van der Waals surface area contributed by atoms with E-state index in [1.54, 1.807) is 31.3 Å². The molecule has 0 spiro atoms. The predicted octanol–water partition coefficient (Wildman–Crippen LogP) is 2.34. The molecule has 0 aliphatic rings. The molecule has 0 atom stereocenters. The van der Waals surface area contributed by atoms with Crippen LogP contribution in [-0.2, 0) is 0 Å². The third-order valence-corrected chi connectivity index (χ3v) is 3.26. The molecule has 0 amide bonds. The van der Waals surface area contributed by atoms with Crippen LogP contribution >= 0.6 is 0 Å². The molecule has 4 nitrogen and oxygen atoms in total. The highest BCUT2D eigenvalue weighted by Crippen LogP contribution is 2.22. The van der Waals surface area contributed by atoms with Gasteiger partial charge in [-0.1, -0.05) is 6.07 Å². The SMILES string of the molecule is Cc1cc2c(C#N)c3ccccn3c(=O)c2c(C)n1. The monoisotopic (exact) mass is 249 g/mol. The molecule has 0 aliphatic carbocycles. The van der Waals surface area contributed by atoms with Gasteiger partial charge in [-0.2, -0.15) is 5.26 Å². The number of rotatable bonds is 0. The fourth-order valence-corrected chi connectivity index (χ4v) is 2.50. The number of pyridine rings is 3. The topological polar surface area (TPSA) is 58.2 Å². The van der Waals surface area contributed by atoms with Crippen molar-refractivity contribution in [2.24, 2.45) is 0 Å². The lowest BCUT2D eigenvalue weighted by atomic mass is 10.0. The molecule has 3 aromatic rings. The molecular formula is C15H11N3O. The van der Waals surface area contributed by atoms with Crippen molar-refractivity contribution in [3.05, 3.63) is 57.8 Å². The average Bonchev–Trinajstić information content (AvgIpc) is 2.38. The summed E-state index contributed by atoms with van der Waals surface area (Å²) in [7, 11) is 0. The smallest absolute Gasteiger partial charge is 0.264 e. The number of hydrogen-bond donors (Lipinski definition) is 0. The maximum atomic E-state index is 12.5. The van der Waals surface area contributed by atoms with Crippen LogP contribution in [0.25, 0.3) is 16.3 Å². The first kappa shape index (κ1) is 11.4. The van der Waals surface area contributed by atoms with E-state index in [9.17, 15) is 10.1 Å². The Hall–Kier alpha value is -2.67. The summed E-state index contributed by atoms with van der Waals surface area (Å²) < 4.78 is 1.50. The van der Waals surface area contributed by atoms with E-state index < -0.39 is 0 Å². The number of fused-ring (bicyclic) bond motifs is 2. The normalized spacial score (nSPS) is 10.8. The van der Waals surface area contributed by atoms with Gasteiger partial charge < -0.3 is 0 Å². The minimum absolute atomic E-state index is 0.130. The lowest BCUT2D eigenvalue weighted by molar-refractivity contribution is 1.09. The van der Waals surface area contributed by atoms with Gasteiger partial charge in [0.05, 0.1) is 22.2 Å². The van der Waals surface area contributed by atoms with E-state index in [4.69, 9.17) is 0 Å². The van der Waals surface area contributed by atoms with Crippen molar-refractivity contribution < 1.29 is 0 Å². The van der Waals surface area contributed by atoms with Gasteiger partial charge in [0.1, 0.15) is 6.07 Å². The number of aromatic nitrogens is 2. The second kappa shape index (κ2) is 3.92. The zero-order chi connectivity index (χ0) is 13.6. The van der Waals surface area contributed by atoms with E-state index in [1.165, 1.54) is 4.40 Å². The molecule has 19 heavy (non-hydrogen) atoms. The Bertz CT molecular complexity index is 916. The molecule has 3 aromatic heterocycles. The molecule has 0 radical (unpaired) electrons. The fourth-order valence-electron chi connectivity index (χ4n) is 2.50. The van der Waals surface area contributed by atoms with Crippen LogP contribution in [0.15, 0.2) is 35.3 Å². The highest BCUT2D eigenvalue weighted by Gasteiger charge is 2.13. The van der Waals surface area contributed by atoms with Gasteiger partial charge in [-0.15, -0.1) is 0 Å². The summed E-state index contributed by atoms with van der Waals surface area (Å²) in [6.07, 6.45) is 1.68. The Labute approximate surface area is 109 Å². The van der Waals surface area contributed by atoms with E-state index in [-0.39, 0.29) is 5.56 Å². The van der Waals surface area contributed by atoms with Gasteiger partial charge in [0.25, 0.3) is 5.56 Å².